The van der Waals surface area contributed by atoms with Gasteiger partial charge in [-0.15, -0.1) is 11.6 Å². The van der Waals surface area contributed by atoms with Crippen LogP contribution in [0.25, 0.3) is 0 Å². The number of methoxy groups -OCH3 is 1. The smallest absolute Gasteiger partial charge is 0.309 e. The van der Waals surface area contributed by atoms with Gasteiger partial charge in [0.15, 0.2) is 0 Å². The zero-order valence-electron chi connectivity index (χ0n) is 7.18. The molecule has 0 aliphatic heterocycles. The lowest BCUT2D eigenvalue weighted by Crippen LogP contribution is -2.25. The molecule has 0 N–H and O–H groups in total. The average Bonchev–Trinajstić information content (AvgIpc) is 2.01. The van der Waals surface area contributed by atoms with Crippen molar-refractivity contribution in [3.05, 3.63) is 12.2 Å². The second kappa shape index (κ2) is 3.94. The van der Waals surface area contributed by atoms with Crippen LogP contribution in [0.15, 0.2) is 12.2 Å². The Bertz CT molecular complexity index is 201. The van der Waals surface area contributed by atoms with Gasteiger partial charge in [0.05, 0.1) is 13.0 Å². The van der Waals surface area contributed by atoms with Gasteiger partial charge in [-0.1, -0.05) is 12.2 Å². The molecule has 12 heavy (non-hydrogen) atoms. The van der Waals surface area contributed by atoms with Gasteiger partial charge in [-0.3, -0.25) is 4.79 Å². The molecule has 1 aliphatic carbocycles. The summed E-state index contributed by atoms with van der Waals surface area (Å²) in [6.45, 7) is 3.84. The molecule has 1 fully saturated rings. The highest BCUT2D eigenvalue weighted by atomic mass is 35.5. The van der Waals surface area contributed by atoms with Gasteiger partial charge < -0.3 is 4.74 Å². The summed E-state index contributed by atoms with van der Waals surface area (Å²) >= 11 is 5.94. The lowest BCUT2D eigenvalue weighted by Gasteiger charge is -2.24. The van der Waals surface area contributed by atoms with E-state index in [0.29, 0.717) is 6.42 Å². The minimum atomic E-state index is -0.165. The van der Waals surface area contributed by atoms with E-state index < -0.39 is 0 Å². The van der Waals surface area contributed by atoms with Crippen LogP contribution in [0.3, 0.4) is 0 Å². The lowest BCUT2D eigenvalue weighted by molar-refractivity contribution is -0.145. The SMILES string of the molecule is C=C1CC(Cl)CC(C(=O)OC)C1. The largest absolute Gasteiger partial charge is 0.469 e. The summed E-state index contributed by atoms with van der Waals surface area (Å²) in [5.74, 6) is -0.236. The number of hydrogen-bond donors (Lipinski definition) is 0. The first-order valence-corrected chi connectivity index (χ1v) is 4.45. The Morgan fingerprint density at radius 1 is 1.67 bits per heavy atom. The second-order valence-corrected chi connectivity index (χ2v) is 3.83. The highest BCUT2D eigenvalue weighted by Gasteiger charge is 2.28. The normalized spacial score (nSPS) is 30.0. The standard InChI is InChI=1S/C9H13ClO2/c1-6-3-7(9(11)12-2)5-8(10)4-6/h7-8H,1,3-5H2,2H3. The first-order chi connectivity index (χ1) is 5.63. The van der Waals surface area contributed by atoms with Crippen LogP contribution in [-0.2, 0) is 9.53 Å². The van der Waals surface area contributed by atoms with Gasteiger partial charge in [-0.2, -0.15) is 0 Å². The third kappa shape index (κ3) is 2.24. The van der Waals surface area contributed by atoms with E-state index in [1.807, 2.05) is 0 Å². The number of allylic oxidation sites excluding steroid dienone is 1. The van der Waals surface area contributed by atoms with Gasteiger partial charge in [0, 0.05) is 5.38 Å². The zero-order valence-corrected chi connectivity index (χ0v) is 7.93. The topological polar surface area (TPSA) is 26.3 Å². The van der Waals surface area contributed by atoms with Crippen LogP contribution in [0, 0.1) is 5.92 Å². The van der Waals surface area contributed by atoms with E-state index in [1.165, 1.54) is 7.11 Å². The second-order valence-electron chi connectivity index (χ2n) is 3.21. The fourth-order valence-corrected chi connectivity index (χ4v) is 2.00. The minimum Gasteiger partial charge on any atom is -0.469 e. The highest BCUT2D eigenvalue weighted by Crippen LogP contribution is 2.31. The van der Waals surface area contributed by atoms with Crippen molar-refractivity contribution in [1.29, 1.82) is 0 Å². The van der Waals surface area contributed by atoms with Crippen molar-refractivity contribution in [2.75, 3.05) is 7.11 Å². The molecule has 2 nitrogen and oxygen atoms in total. The van der Waals surface area contributed by atoms with E-state index in [1.54, 1.807) is 0 Å². The van der Waals surface area contributed by atoms with Gasteiger partial charge in [-0.25, -0.2) is 0 Å². The molecular weight excluding hydrogens is 176 g/mol. The molecule has 0 amide bonds. The number of carbonyl (C=O) groups is 1. The maximum atomic E-state index is 11.1. The summed E-state index contributed by atoms with van der Waals surface area (Å²) in [5, 5.41) is 0.0512. The molecule has 1 rings (SSSR count). The third-order valence-corrected chi connectivity index (χ3v) is 2.45. The fraction of sp³-hybridized carbons (Fsp3) is 0.667. The zero-order chi connectivity index (χ0) is 9.14. The first-order valence-electron chi connectivity index (χ1n) is 4.02. The third-order valence-electron chi connectivity index (χ3n) is 2.12. The Labute approximate surface area is 77.5 Å². The average molecular weight is 189 g/mol. The molecular formula is C9H13ClO2. The Hall–Kier alpha value is -0.500. The fourth-order valence-electron chi connectivity index (χ4n) is 1.57. The Morgan fingerprint density at radius 3 is 2.83 bits per heavy atom. The van der Waals surface area contributed by atoms with Gasteiger partial charge in [0.2, 0.25) is 0 Å². The minimum absolute atomic E-state index is 0.0512. The van der Waals surface area contributed by atoms with E-state index in [2.05, 4.69) is 11.3 Å². The number of hydrogen-bond acceptors (Lipinski definition) is 2. The Morgan fingerprint density at radius 2 is 2.33 bits per heavy atom. The molecule has 0 spiro atoms. The molecule has 0 heterocycles. The summed E-state index contributed by atoms with van der Waals surface area (Å²) in [6, 6.07) is 0. The van der Waals surface area contributed by atoms with Gasteiger partial charge in [0.25, 0.3) is 0 Å². The Balaban J connectivity index is 2.55. The van der Waals surface area contributed by atoms with E-state index in [-0.39, 0.29) is 17.3 Å². The van der Waals surface area contributed by atoms with Crippen molar-refractivity contribution in [3.63, 3.8) is 0 Å². The molecule has 1 aliphatic rings. The van der Waals surface area contributed by atoms with Crippen LogP contribution < -0.4 is 0 Å². The maximum Gasteiger partial charge on any atom is 0.309 e. The van der Waals surface area contributed by atoms with Crippen LogP contribution >= 0.6 is 11.6 Å². The molecule has 0 saturated heterocycles. The molecule has 68 valence electrons. The molecule has 2 unspecified atom stereocenters. The molecule has 0 bridgehead atoms. The Kier molecular flexibility index (Phi) is 3.15. The molecule has 0 radical (unpaired) electrons. The van der Waals surface area contributed by atoms with Crippen LogP contribution in [0.5, 0.6) is 0 Å². The van der Waals surface area contributed by atoms with Crippen molar-refractivity contribution < 1.29 is 9.53 Å². The monoisotopic (exact) mass is 188 g/mol. The number of rotatable bonds is 1. The van der Waals surface area contributed by atoms with Crippen molar-refractivity contribution in [2.24, 2.45) is 5.92 Å². The van der Waals surface area contributed by atoms with E-state index >= 15 is 0 Å². The van der Waals surface area contributed by atoms with Crippen LogP contribution in [0.4, 0.5) is 0 Å². The first kappa shape index (κ1) is 9.59. The van der Waals surface area contributed by atoms with Gasteiger partial charge >= 0.3 is 5.97 Å². The predicted molar refractivity (Wildman–Crippen MR) is 48.1 cm³/mol. The summed E-state index contributed by atoms with van der Waals surface area (Å²) in [6.07, 6.45) is 2.28. The molecule has 1 saturated carbocycles. The van der Waals surface area contributed by atoms with Crippen molar-refractivity contribution in [3.8, 4) is 0 Å². The maximum absolute atomic E-state index is 11.1. The summed E-state index contributed by atoms with van der Waals surface area (Å²) < 4.78 is 4.65. The van der Waals surface area contributed by atoms with E-state index in [0.717, 1.165) is 18.4 Å². The van der Waals surface area contributed by atoms with Gasteiger partial charge in [0.1, 0.15) is 0 Å². The summed E-state index contributed by atoms with van der Waals surface area (Å²) in [7, 11) is 1.41. The van der Waals surface area contributed by atoms with Gasteiger partial charge in [-0.05, 0) is 19.3 Å². The van der Waals surface area contributed by atoms with E-state index in [9.17, 15) is 4.79 Å². The number of alkyl halides is 1. The summed E-state index contributed by atoms with van der Waals surface area (Å²) in [4.78, 5) is 11.1. The molecule has 3 heteroatoms. The van der Waals surface area contributed by atoms with Crippen LogP contribution in [0.1, 0.15) is 19.3 Å². The highest BCUT2D eigenvalue weighted by molar-refractivity contribution is 6.20. The number of carbonyl (C=O) groups excluding carboxylic acids is 1. The molecule has 2 atom stereocenters. The number of halogens is 1. The summed E-state index contributed by atoms with van der Waals surface area (Å²) in [5.41, 5.74) is 1.05. The van der Waals surface area contributed by atoms with Crippen LogP contribution in [0.2, 0.25) is 0 Å². The number of ether oxygens (including phenoxy) is 1. The number of esters is 1. The molecule has 0 aromatic rings. The quantitative estimate of drug-likeness (QED) is 0.358. The lowest BCUT2D eigenvalue weighted by atomic mass is 9.86. The molecule has 0 aromatic carbocycles. The van der Waals surface area contributed by atoms with Crippen molar-refractivity contribution in [2.45, 2.75) is 24.6 Å². The predicted octanol–water partition coefficient (Wildman–Crippen LogP) is 2.12. The molecule has 0 aromatic heterocycles. The van der Waals surface area contributed by atoms with Crippen molar-refractivity contribution >= 4 is 17.6 Å². The van der Waals surface area contributed by atoms with E-state index in [4.69, 9.17) is 11.6 Å². The van der Waals surface area contributed by atoms with Crippen molar-refractivity contribution in [1.82, 2.24) is 0 Å². The van der Waals surface area contributed by atoms with Crippen LogP contribution in [-0.4, -0.2) is 18.5 Å².